The van der Waals surface area contributed by atoms with Crippen LogP contribution in [0.15, 0.2) is 29.1 Å². The number of piperidine rings is 1. The fraction of sp³-hybridized carbons (Fsp3) is 0.529. The Morgan fingerprint density at radius 1 is 1.32 bits per heavy atom. The van der Waals surface area contributed by atoms with Crippen molar-refractivity contribution in [1.29, 1.82) is 0 Å². The van der Waals surface area contributed by atoms with Gasteiger partial charge in [-0.15, -0.1) is 24.8 Å². The van der Waals surface area contributed by atoms with E-state index in [4.69, 9.17) is 0 Å². The van der Waals surface area contributed by atoms with Gasteiger partial charge < -0.3 is 10.2 Å². The fourth-order valence-corrected chi connectivity index (χ4v) is 4.49. The molecule has 138 valence electrons. The minimum Gasteiger partial charge on any atom is -0.334 e. The van der Waals surface area contributed by atoms with E-state index in [1.54, 1.807) is 17.5 Å². The zero-order chi connectivity index (χ0) is 15.7. The molecule has 0 aromatic carbocycles. The Morgan fingerprint density at radius 2 is 2.12 bits per heavy atom. The Labute approximate surface area is 164 Å². The molecule has 1 atom stereocenters. The zero-order valence-corrected chi connectivity index (χ0v) is 16.4. The first-order chi connectivity index (χ1) is 11.3. The van der Waals surface area contributed by atoms with E-state index in [1.807, 2.05) is 6.07 Å². The predicted molar refractivity (Wildman–Crippen MR) is 105 cm³/mol. The van der Waals surface area contributed by atoms with Crippen LogP contribution in [0.3, 0.4) is 0 Å². The quantitative estimate of drug-likeness (QED) is 0.807. The Kier molecular flexibility index (Phi) is 6.91. The molecule has 25 heavy (non-hydrogen) atoms. The molecule has 4 rings (SSSR count). The number of aromatic amines is 1. The van der Waals surface area contributed by atoms with Gasteiger partial charge in [-0.2, -0.15) is 16.4 Å². The van der Waals surface area contributed by atoms with Crippen molar-refractivity contribution in [2.24, 2.45) is 5.41 Å². The molecule has 1 saturated heterocycles. The minimum absolute atomic E-state index is 0. The molecule has 2 fully saturated rings. The van der Waals surface area contributed by atoms with Crippen molar-refractivity contribution in [3.8, 4) is 0 Å². The number of nitrogens with one attached hydrogen (secondary N) is 2. The molecule has 0 radical (unpaired) electrons. The van der Waals surface area contributed by atoms with Crippen molar-refractivity contribution in [1.82, 2.24) is 20.4 Å². The molecule has 0 bridgehead atoms. The van der Waals surface area contributed by atoms with Crippen molar-refractivity contribution >= 4 is 42.1 Å². The normalized spacial score (nSPS) is 20.4. The van der Waals surface area contributed by atoms with Gasteiger partial charge in [-0.1, -0.05) is 0 Å². The van der Waals surface area contributed by atoms with E-state index in [9.17, 15) is 4.79 Å². The maximum absolute atomic E-state index is 12.9. The van der Waals surface area contributed by atoms with Gasteiger partial charge in [-0.05, 0) is 66.2 Å². The number of nitrogens with zero attached hydrogens (tertiary/aromatic N) is 2. The Balaban J connectivity index is 0.00000113. The van der Waals surface area contributed by atoms with Crippen molar-refractivity contribution in [2.45, 2.75) is 38.3 Å². The first kappa shape index (κ1) is 20.2. The molecule has 1 amide bonds. The van der Waals surface area contributed by atoms with Gasteiger partial charge >= 0.3 is 0 Å². The molecule has 2 aliphatic rings. The van der Waals surface area contributed by atoms with E-state index in [0.29, 0.717) is 17.9 Å². The van der Waals surface area contributed by atoms with E-state index in [0.717, 1.165) is 31.7 Å². The van der Waals surface area contributed by atoms with Crippen molar-refractivity contribution in [3.05, 3.63) is 40.3 Å². The van der Waals surface area contributed by atoms with Gasteiger partial charge in [0, 0.05) is 24.5 Å². The second-order valence-electron chi connectivity index (χ2n) is 6.74. The van der Waals surface area contributed by atoms with E-state index < -0.39 is 0 Å². The van der Waals surface area contributed by atoms with Crippen LogP contribution in [0.1, 0.15) is 30.5 Å². The molecule has 2 N–H and O–H groups in total. The average Bonchev–Trinajstić information content (AvgIpc) is 2.99. The molecule has 2 aromatic rings. The van der Waals surface area contributed by atoms with Crippen LogP contribution in [0.25, 0.3) is 0 Å². The number of aromatic nitrogens is 2. The lowest BCUT2D eigenvalue weighted by Crippen LogP contribution is -2.39. The second-order valence-corrected chi connectivity index (χ2v) is 7.52. The maximum atomic E-state index is 12.9. The summed E-state index contributed by atoms with van der Waals surface area (Å²) < 4.78 is 0. The molecule has 1 aliphatic carbocycles. The summed E-state index contributed by atoms with van der Waals surface area (Å²) in [6, 6.07) is 4.41. The maximum Gasteiger partial charge on any atom is 0.229 e. The molecule has 8 heteroatoms. The smallest absolute Gasteiger partial charge is 0.229 e. The standard InChI is InChI=1S/C17H22N4OS.2ClH/c22-16(9-14-1-5-19-20-14)21(11-13-2-8-23-12-13)15-10-17(15)3-6-18-7-4-17;;/h1-2,5,8,12,15,18H,3-4,6-7,9-11H2,(H,19,20);2*1H. The van der Waals surface area contributed by atoms with E-state index >= 15 is 0 Å². The number of hydrogen-bond acceptors (Lipinski definition) is 4. The Morgan fingerprint density at radius 3 is 2.76 bits per heavy atom. The van der Waals surface area contributed by atoms with Gasteiger partial charge in [0.15, 0.2) is 0 Å². The highest BCUT2D eigenvalue weighted by molar-refractivity contribution is 7.07. The van der Waals surface area contributed by atoms with E-state index in [-0.39, 0.29) is 30.7 Å². The first-order valence-electron chi connectivity index (χ1n) is 8.26. The van der Waals surface area contributed by atoms with Gasteiger partial charge in [0.1, 0.15) is 0 Å². The van der Waals surface area contributed by atoms with Crippen LogP contribution in [-0.4, -0.2) is 40.1 Å². The summed E-state index contributed by atoms with van der Waals surface area (Å²) >= 11 is 1.69. The number of amides is 1. The van der Waals surface area contributed by atoms with Gasteiger partial charge in [-0.25, -0.2) is 0 Å². The number of hydrogen-bond donors (Lipinski definition) is 2. The molecular formula is C17H24Cl2N4OS. The molecule has 1 unspecified atom stereocenters. The largest absolute Gasteiger partial charge is 0.334 e. The third-order valence-corrected chi connectivity index (χ3v) is 6.01. The number of carbonyl (C=O) groups excluding carboxylic acids is 1. The summed E-state index contributed by atoms with van der Waals surface area (Å²) in [5, 5.41) is 14.5. The Bertz CT molecular complexity index is 656. The summed E-state index contributed by atoms with van der Waals surface area (Å²) in [7, 11) is 0. The van der Waals surface area contributed by atoms with Gasteiger partial charge in [0.25, 0.3) is 0 Å². The highest BCUT2D eigenvalue weighted by atomic mass is 35.5. The highest BCUT2D eigenvalue weighted by Crippen LogP contribution is 2.56. The van der Waals surface area contributed by atoms with Crippen LogP contribution >= 0.6 is 36.2 Å². The third-order valence-electron chi connectivity index (χ3n) is 5.28. The average molecular weight is 403 g/mol. The second kappa shape index (κ2) is 8.54. The lowest BCUT2D eigenvalue weighted by atomic mass is 9.93. The molecule has 2 aromatic heterocycles. The van der Waals surface area contributed by atoms with Crippen molar-refractivity contribution < 1.29 is 4.79 Å². The molecule has 3 heterocycles. The minimum atomic E-state index is 0. The SMILES string of the molecule is Cl.Cl.O=C(Cc1ccn[nH]1)N(Cc1ccsc1)C1CC12CCNCC2. The summed E-state index contributed by atoms with van der Waals surface area (Å²) in [4.78, 5) is 15.0. The molecule has 5 nitrogen and oxygen atoms in total. The van der Waals surface area contributed by atoms with E-state index in [2.05, 4.69) is 37.2 Å². The number of carbonyl (C=O) groups is 1. The predicted octanol–water partition coefficient (Wildman–Crippen LogP) is 3.03. The number of halogens is 2. The summed E-state index contributed by atoms with van der Waals surface area (Å²) in [6.07, 6.45) is 5.66. The van der Waals surface area contributed by atoms with Gasteiger partial charge in [0.05, 0.1) is 6.42 Å². The first-order valence-corrected chi connectivity index (χ1v) is 9.21. The van der Waals surface area contributed by atoms with Gasteiger partial charge in [-0.3, -0.25) is 9.89 Å². The van der Waals surface area contributed by atoms with Gasteiger partial charge in [0.2, 0.25) is 5.91 Å². The summed E-state index contributed by atoms with van der Waals surface area (Å²) in [6.45, 7) is 2.89. The van der Waals surface area contributed by atoms with Crippen LogP contribution in [0.2, 0.25) is 0 Å². The van der Waals surface area contributed by atoms with Crippen LogP contribution < -0.4 is 5.32 Å². The van der Waals surface area contributed by atoms with Crippen LogP contribution in [0.5, 0.6) is 0 Å². The number of thiophene rings is 1. The third kappa shape index (κ3) is 4.37. The molecule has 1 saturated carbocycles. The molecule has 1 spiro atoms. The highest BCUT2D eigenvalue weighted by Gasteiger charge is 2.57. The van der Waals surface area contributed by atoms with Crippen molar-refractivity contribution in [2.75, 3.05) is 13.1 Å². The number of H-pyrrole nitrogens is 1. The fourth-order valence-electron chi connectivity index (χ4n) is 3.83. The monoisotopic (exact) mass is 402 g/mol. The van der Waals surface area contributed by atoms with Crippen LogP contribution in [0, 0.1) is 5.41 Å². The molecular weight excluding hydrogens is 379 g/mol. The topological polar surface area (TPSA) is 61.0 Å². The lowest BCUT2D eigenvalue weighted by Gasteiger charge is -2.29. The lowest BCUT2D eigenvalue weighted by molar-refractivity contribution is -0.132. The summed E-state index contributed by atoms with van der Waals surface area (Å²) in [5.41, 5.74) is 2.50. The van der Waals surface area contributed by atoms with E-state index in [1.165, 1.54) is 18.4 Å². The number of rotatable bonds is 5. The van der Waals surface area contributed by atoms with Crippen LogP contribution in [0.4, 0.5) is 0 Å². The van der Waals surface area contributed by atoms with Crippen molar-refractivity contribution in [3.63, 3.8) is 0 Å². The zero-order valence-electron chi connectivity index (χ0n) is 13.9. The van der Waals surface area contributed by atoms with Crippen LogP contribution in [-0.2, 0) is 17.8 Å². The summed E-state index contributed by atoms with van der Waals surface area (Å²) in [5.74, 6) is 0.209. The Hall–Kier alpha value is -1.08. The molecule has 1 aliphatic heterocycles.